The lowest BCUT2D eigenvalue weighted by Crippen LogP contribution is -2.20. The van der Waals surface area contributed by atoms with Crippen LogP contribution in [0.4, 0.5) is 0 Å². The van der Waals surface area contributed by atoms with Crippen molar-refractivity contribution in [2.75, 3.05) is 0 Å². The van der Waals surface area contributed by atoms with E-state index in [1.165, 1.54) is 31.6 Å². The molecule has 2 unspecified atom stereocenters. The van der Waals surface area contributed by atoms with Crippen LogP contribution >= 0.6 is 0 Å². The Kier molecular flexibility index (Phi) is 2.20. The summed E-state index contributed by atoms with van der Waals surface area (Å²) in [5, 5.41) is 0. The molecule has 11 heavy (non-hydrogen) atoms. The van der Waals surface area contributed by atoms with E-state index in [1.807, 2.05) is 0 Å². The molecule has 2 saturated carbocycles. The summed E-state index contributed by atoms with van der Waals surface area (Å²) in [5.41, 5.74) is 0. The molecule has 64 valence electrons. The van der Waals surface area contributed by atoms with Gasteiger partial charge in [0.1, 0.15) is 0 Å². The molecule has 0 radical (unpaired) electrons. The maximum absolute atomic E-state index is 2.38. The van der Waals surface area contributed by atoms with Crippen molar-refractivity contribution in [3.63, 3.8) is 0 Å². The van der Waals surface area contributed by atoms with Crippen LogP contribution in [0.5, 0.6) is 0 Å². The van der Waals surface area contributed by atoms with Gasteiger partial charge in [-0.3, -0.25) is 0 Å². The van der Waals surface area contributed by atoms with Gasteiger partial charge in [0.2, 0.25) is 0 Å². The smallest absolute Gasteiger partial charge is 0.0358 e. The van der Waals surface area contributed by atoms with E-state index in [0.29, 0.717) is 0 Å². The van der Waals surface area contributed by atoms with Crippen LogP contribution in [0, 0.1) is 17.8 Å². The highest BCUT2D eigenvalue weighted by Crippen LogP contribution is 2.47. The van der Waals surface area contributed by atoms with Crippen molar-refractivity contribution in [1.82, 2.24) is 0 Å². The van der Waals surface area contributed by atoms with E-state index < -0.39 is 0 Å². The average Bonchev–Trinajstić information content (AvgIpc) is 2.87. The van der Waals surface area contributed by atoms with E-state index in [1.54, 1.807) is 19.3 Å². The van der Waals surface area contributed by atoms with Gasteiger partial charge in [-0.1, -0.05) is 32.6 Å². The summed E-state index contributed by atoms with van der Waals surface area (Å²) in [6.07, 6.45) is 10.7. The molecule has 2 aliphatic rings. The molecule has 0 heteroatoms. The molecule has 0 spiro atoms. The molecule has 2 aliphatic carbocycles. The summed E-state index contributed by atoms with van der Waals surface area (Å²) >= 11 is 0. The topological polar surface area (TPSA) is 0 Å². The zero-order valence-electron chi connectivity index (χ0n) is 7.68. The second-order valence-corrected chi connectivity index (χ2v) is 4.45. The fraction of sp³-hybridized carbons (Fsp3) is 1.00. The maximum Gasteiger partial charge on any atom is -0.0358 e. The predicted octanol–water partition coefficient (Wildman–Crippen LogP) is 3.61. The number of hydrogen-bond donors (Lipinski definition) is 0. The SMILES string of the molecule is CCC1CCCCC1C1CC1. The summed E-state index contributed by atoms with van der Waals surface area (Å²) in [6, 6.07) is 0. The third kappa shape index (κ3) is 1.60. The zero-order chi connectivity index (χ0) is 7.68. The molecule has 0 amide bonds. The molecule has 0 aromatic carbocycles. The van der Waals surface area contributed by atoms with Crippen LogP contribution < -0.4 is 0 Å². The first-order chi connectivity index (χ1) is 5.42. The van der Waals surface area contributed by atoms with Crippen LogP contribution in [-0.4, -0.2) is 0 Å². The Balaban J connectivity index is 1.91. The quantitative estimate of drug-likeness (QED) is 0.567. The Labute approximate surface area is 70.4 Å². The normalized spacial score (nSPS) is 39.0. The highest BCUT2D eigenvalue weighted by molar-refractivity contribution is 4.87. The summed E-state index contributed by atoms with van der Waals surface area (Å²) in [7, 11) is 0. The highest BCUT2D eigenvalue weighted by atomic mass is 14.4. The fourth-order valence-electron chi connectivity index (χ4n) is 2.89. The molecule has 0 bridgehead atoms. The third-order valence-corrected chi connectivity index (χ3v) is 3.72. The van der Waals surface area contributed by atoms with Crippen molar-refractivity contribution in [2.24, 2.45) is 17.8 Å². The van der Waals surface area contributed by atoms with Gasteiger partial charge in [-0.2, -0.15) is 0 Å². The van der Waals surface area contributed by atoms with E-state index >= 15 is 0 Å². The minimum absolute atomic E-state index is 1.11. The van der Waals surface area contributed by atoms with Gasteiger partial charge in [0.15, 0.2) is 0 Å². The second-order valence-electron chi connectivity index (χ2n) is 4.45. The number of rotatable bonds is 2. The Morgan fingerprint density at radius 2 is 1.73 bits per heavy atom. The molecule has 0 nitrogen and oxygen atoms in total. The van der Waals surface area contributed by atoms with Gasteiger partial charge in [-0.05, 0) is 37.0 Å². The largest absolute Gasteiger partial charge is 0.0651 e. The molecular weight excluding hydrogens is 132 g/mol. The first-order valence-electron chi connectivity index (χ1n) is 5.42. The molecule has 0 N–H and O–H groups in total. The van der Waals surface area contributed by atoms with E-state index in [4.69, 9.17) is 0 Å². The van der Waals surface area contributed by atoms with E-state index in [2.05, 4.69) is 6.92 Å². The molecule has 2 rings (SSSR count). The first-order valence-corrected chi connectivity index (χ1v) is 5.42. The Morgan fingerprint density at radius 3 is 2.36 bits per heavy atom. The first kappa shape index (κ1) is 7.64. The van der Waals surface area contributed by atoms with Crippen LogP contribution in [0.3, 0.4) is 0 Å². The van der Waals surface area contributed by atoms with Crippen LogP contribution in [0.1, 0.15) is 51.9 Å². The van der Waals surface area contributed by atoms with Crippen molar-refractivity contribution in [2.45, 2.75) is 51.9 Å². The summed E-state index contributed by atoms with van der Waals surface area (Å²) < 4.78 is 0. The van der Waals surface area contributed by atoms with Crippen molar-refractivity contribution in [3.8, 4) is 0 Å². The third-order valence-electron chi connectivity index (χ3n) is 3.72. The van der Waals surface area contributed by atoms with Gasteiger partial charge in [0.25, 0.3) is 0 Å². The highest BCUT2D eigenvalue weighted by Gasteiger charge is 2.36. The van der Waals surface area contributed by atoms with Gasteiger partial charge in [0, 0.05) is 0 Å². The zero-order valence-corrected chi connectivity index (χ0v) is 7.68. The van der Waals surface area contributed by atoms with Crippen LogP contribution in [0.25, 0.3) is 0 Å². The minimum Gasteiger partial charge on any atom is -0.0651 e. The van der Waals surface area contributed by atoms with E-state index in [9.17, 15) is 0 Å². The summed E-state index contributed by atoms with van der Waals surface area (Å²) in [4.78, 5) is 0. The summed E-state index contributed by atoms with van der Waals surface area (Å²) in [5.74, 6) is 3.42. The molecular formula is C11H20. The summed E-state index contributed by atoms with van der Waals surface area (Å²) in [6.45, 7) is 2.38. The molecule has 0 saturated heterocycles. The van der Waals surface area contributed by atoms with Crippen molar-refractivity contribution >= 4 is 0 Å². The van der Waals surface area contributed by atoms with Gasteiger partial charge in [0.05, 0.1) is 0 Å². The molecule has 0 aromatic rings. The Bertz CT molecular complexity index is 124. The monoisotopic (exact) mass is 152 g/mol. The minimum atomic E-state index is 1.11. The lowest BCUT2D eigenvalue weighted by molar-refractivity contribution is 0.204. The molecule has 2 atom stereocenters. The van der Waals surface area contributed by atoms with Crippen molar-refractivity contribution < 1.29 is 0 Å². The second kappa shape index (κ2) is 3.16. The van der Waals surface area contributed by atoms with Crippen LogP contribution in [0.15, 0.2) is 0 Å². The predicted molar refractivity (Wildman–Crippen MR) is 48.5 cm³/mol. The average molecular weight is 152 g/mol. The standard InChI is InChI=1S/C11H20/c1-2-9-5-3-4-6-11(9)10-7-8-10/h9-11H,2-8H2,1H3. The molecule has 2 fully saturated rings. The van der Waals surface area contributed by atoms with Crippen molar-refractivity contribution in [3.05, 3.63) is 0 Å². The fourth-order valence-corrected chi connectivity index (χ4v) is 2.89. The lowest BCUT2D eigenvalue weighted by Gasteiger charge is -2.30. The lowest BCUT2D eigenvalue weighted by atomic mass is 9.75. The van der Waals surface area contributed by atoms with Crippen LogP contribution in [0.2, 0.25) is 0 Å². The van der Waals surface area contributed by atoms with E-state index in [-0.39, 0.29) is 0 Å². The Hall–Kier alpha value is 0. The number of hydrogen-bond acceptors (Lipinski definition) is 0. The van der Waals surface area contributed by atoms with Gasteiger partial charge in [-0.25, -0.2) is 0 Å². The van der Waals surface area contributed by atoms with Crippen molar-refractivity contribution in [1.29, 1.82) is 0 Å². The van der Waals surface area contributed by atoms with Gasteiger partial charge in [-0.15, -0.1) is 0 Å². The maximum atomic E-state index is 2.38. The Morgan fingerprint density at radius 1 is 1.00 bits per heavy atom. The van der Waals surface area contributed by atoms with Crippen LogP contribution in [-0.2, 0) is 0 Å². The van der Waals surface area contributed by atoms with E-state index in [0.717, 1.165) is 11.8 Å². The molecule has 0 heterocycles. The molecule has 0 aliphatic heterocycles. The van der Waals surface area contributed by atoms with Gasteiger partial charge >= 0.3 is 0 Å². The molecule has 0 aromatic heterocycles. The van der Waals surface area contributed by atoms with Gasteiger partial charge < -0.3 is 0 Å².